The van der Waals surface area contributed by atoms with Gasteiger partial charge in [-0.15, -0.1) is 0 Å². The smallest absolute Gasteiger partial charge is 0.306 e. The van der Waals surface area contributed by atoms with E-state index >= 15 is 0 Å². The summed E-state index contributed by atoms with van der Waals surface area (Å²) in [5.41, 5.74) is 1.65. The molecule has 0 aromatic heterocycles. The Morgan fingerprint density at radius 1 is 1.43 bits per heavy atom. The summed E-state index contributed by atoms with van der Waals surface area (Å²) in [5, 5.41) is 12.3. The Morgan fingerprint density at radius 2 is 2.14 bits per heavy atom. The Morgan fingerprint density at radius 3 is 2.76 bits per heavy atom. The molecule has 1 fully saturated rings. The number of benzene rings is 1. The molecule has 1 aliphatic heterocycles. The zero-order valence-electron chi connectivity index (χ0n) is 12.4. The lowest BCUT2D eigenvalue weighted by Crippen LogP contribution is -2.36. The Kier molecular flexibility index (Phi) is 5.56. The number of hydrogen-bond donors (Lipinski definition) is 2. The monoisotopic (exact) mass is 294 g/mol. The van der Waals surface area contributed by atoms with Gasteiger partial charge in [-0.2, -0.15) is 0 Å². The van der Waals surface area contributed by atoms with E-state index in [0.29, 0.717) is 31.6 Å². The lowest BCUT2D eigenvalue weighted by molar-refractivity contribution is -0.142. The van der Waals surface area contributed by atoms with E-state index in [1.54, 1.807) is 6.07 Å². The minimum Gasteiger partial charge on any atom is -0.481 e. The number of nitrogens with one attached hydrogen (secondary N) is 1. The van der Waals surface area contributed by atoms with Crippen LogP contribution in [0, 0.1) is 11.7 Å². The number of carboxylic acid groups (broad SMARTS) is 1. The summed E-state index contributed by atoms with van der Waals surface area (Å²) in [6.07, 6.45) is 2.22. The first-order chi connectivity index (χ1) is 10.1. The Labute approximate surface area is 125 Å². The van der Waals surface area contributed by atoms with E-state index in [2.05, 4.69) is 12.2 Å². The fourth-order valence-electron chi connectivity index (χ4n) is 2.69. The van der Waals surface area contributed by atoms with Crippen molar-refractivity contribution in [2.45, 2.75) is 32.7 Å². The maximum Gasteiger partial charge on any atom is 0.306 e. The van der Waals surface area contributed by atoms with Gasteiger partial charge < -0.3 is 15.3 Å². The van der Waals surface area contributed by atoms with Crippen molar-refractivity contribution in [1.82, 2.24) is 5.32 Å². The van der Waals surface area contributed by atoms with Crippen molar-refractivity contribution in [3.05, 3.63) is 29.6 Å². The predicted molar refractivity (Wildman–Crippen MR) is 81.0 cm³/mol. The van der Waals surface area contributed by atoms with Crippen molar-refractivity contribution < 1.29 is 14.3 Å². The van der Waals surface area contributed by atoms with Crippen LogP contribution in [0.5, 0.6) is 0 Å². The molecule has 116 valence electrons. The number of piperidine rings is 1. The number of halogens is 1. The summed E-state index contributed by atoms with van der Waals surface area (Å²) in [5.74, 6) is -1.27. The van der Waals surface area contributed by atoms with Crippen LogP contribution in [-0.4, -0.2) is 30.7 Å². The van der Waals surface area contributed by atoms with Crippen molar-refractivity contribution in [3.63, 3.8) is 0 Å². The number of nitrogens with zero attached hydrogens (tertiary/aromatic N) is 1. The van der Waals surface area contributed by atoms with Gasteiger partial charge in [-0.3, -0.25) is 4.79 Å². The first kappa shape index (κ1) is 15.8. The third kappa shape index (κ3) is 4.17. The quantitative estimate of drug-likeness (QED) is 0.792. The summed E-state index contributed by atoms with van der Waals surface area (Å²) in [6, 6.07) is 5.17. The highest BCUT2D eigenvalue weighted by Crippen LogP contribution is 2.26. The average molecular weight is 294 g/mol. The zero-order valence-corrected chi connectivity index (χ0v) is 12.4. The highest BCUT2D eigenvalue weighted by Gasteiger charge is 2.25. The van der Waals surface area contributed by atoms with Crippen LogP contribution >= 0.6 is 0 Å². The summed E-state index contributed by atoms with van der Waals surface area (Å²) in [7, 11) is 0. The van der Waals surface area contributed by atoms with Crippen LogP contribution in [-0.2, 0) is 11.3 Å². The van der Waals surface area contributed by atoms with Gasteiger partial charge in [0.2, 0.25) is 0 Å². The number of anilines is 1. The molecule has 1 aliphatic rings. The van der Waals surface area contributed by atoms with Crippen LogP contribution in [0.25, 0.3) is 0 Å². The number of aliphatic carboxylic acids is 1. The fraction of sp³-hybridized carbons (Fsp3) is 0.562. The minimum absolute atomic E-state index is 0.233. The van der Waals surface area contributed by atoms with Crippen LogP contribution in [0.4, 0.5) is 10.1 Å². The van der Waals surface area contributed by atoms with Crippen LogP contribution in [0.1, 0.15) is 31.7 Å². The SMILES string of the molecule is CCCNCc1ccc(F)c(N2CCC(C(=O)O)CC2)c1. The molecule has 1 heterocycles. The molecule has 0 unspecified atom stereocenters. The van der Waals surface area contributed by atoms with Crippen LogP contribution in [0.15, 0.2) is 18.2 Å². The topological polar surface area (TPSA) is 52.6 Å². The second kappa shape index (κ2) is 7.41. The van der Waals surface area contributed by atoms with E-state index in [-0.39, 0.29) is 11.7 Å². The van der Waals surface area contributed by atoms with Gasteiger partial charge in [-0.1, -0.05) is 13.0 Å². The summed E-state index contributed by atoms with van der Waals surface area (Å²) >= 11 is 0. The number of carbonyl (C=O) groups is 1. The Hall–Kier alpha value is -1.62. The van der Waals surface area contributed by atoms with E-state index in [1.807, 2.05) is 11.0 Å². The molecule has 0 aliphatic carbocycles. The van der Waals surface area contributed by atoms with E-state index in [9.17, 15) is 9.18 Å². The predicted octanol–water partition coefficient (Wildman–Crippen LogP) is 2.63. The lowest BCUT2D eigenvalue weighted by atomic mass is 9.96. The maximum atomic E-state index is 14.0. The molecular weight excluding hydrogens is 271 g/mol. The third-order valence-electron chi connectivity index (χ3n) is 3.95. The van der Waals surface area contributed by atoms with E-state index in [0.717, 1.165) is 25.1 Å². The fourth-order valence-corrected chi connectivity index (χ4v) is 2.69. The van der Waals surface area contributed by atoms with Crippen LogP contribution in [0.2, 0.25) is 0 Å². The average Bonchev–Trinajstić information content (AvgIpc) is 2.49. The van der Waals surface area contributed by atoms with Gasteiger partial charge in [0.05, 0.1) is 11.6 Å². The lowest BCUT2D eigenvalue weighted by Gasteiger charge is -2.32. The second-order valence-electron chi connectivity index (χ2n) is 5.56. The number of hydrogen-bond acceptors (Lipinski definition) is 3. The maximum absolute atomic E-state index is 14.0. The molecule has 2 rings (SSSR count). The summed E-state index contributed by atoms with van der Waals surface area (Å²) in [4.78, 5) is 12.9. The molecule has 2 N–H and O–H groups in total. The molecule has 5 heteroatoms. The van der Waals surface area contributed by atoms with Gasteiger partial charge >= 0.3 is 5.97 Å². The molecule has 0 spiro atoms. The van der Waals surface area contributed by atoms with E-state index < -0.39 is 5.97 Å². The normalized spacial score (nSPS) is 16.2. The Bertz CT molecular complexity index is 485. The van der Waals surface area contributed by atoms with Gasteiger partial charge in [0.1, 0.15) is 5.82 Å². The molecule has 21 heavy (non-hydrogen) atoms. The van der Waals surface area contributed by atoms with Crippen molar-refractivity contribution in [3.8, 4) is 0 Å². The third-order valence-corrected chi connectivity index (χ3v) is 3.95. The summed E-state index contributed by atoms with van der Waals surface area (Å²) in [6.45, 7) is 4.97. The van der Waals surface area contributed by atoms with Crippen LogP contribution in [0.3, 0.4) is 0 Å². The van der Waals surface area contributed by atoms with Crippen molar-refractivity contribution in [2.75, 3.05) is 24.5 Å². The zero-order chi connectivity index (χ0) is 15.2. The van der Waals surface area contributed by atoms with Gasteiger partial charge in [0.25, 0.3) is 0 Å². The highest BCUT2D eigenvalue weighted by molar-refractivity contribution is 5.70. The van der Waals surface area contributed by atoms with E-state index in [1.165, 1.54) is 6.07 Å². The van der Waals surface area contributed by atoms with Gasteiger partial charge in [0.15, 0.2) is 0 Å². The van der Waals surface area contributed by atoms with Crippen molar-refractivity contribution in [2.24, 2.45) is 5.92 Å². The van der Waals surface area contributed by atoms with E-state index in [4.69, 9.17) is 5.11 Å². The molecule has 0 atom stereocenters. The van der Waals surface area contributed by atoms with Gasteiger partial charge in [0, 0.05) is 19.6 Å². The number of carboxylic acids is 1. The van der Waals surface area contributed by atoms with Gasteiger partial charge in [-0.05, 0) is 43.5 Å². The first-order valence-corrected chi connectivity index (χ1v) is 7.58. The largest absolute Gasteiger partial charge is 0.481 e. The highest BCUT2D eigenvalue weighted by atomic mass is 19.1. The number of rotatable bonds is 6. The molecule has 1 aromatic rings. The van der Waals surface area contributed by atoms with Gasteiger partial charge in [-0.25, -0.2) is 4.39 Å². The Balaban J connectivity index is 2.02. The minimum atomic E-state index is -0.743. The molecular formula is C16H23FN2O2. The molecule has 1 aromatic carbocycles. The molecule has 0 amide bonds. The molecule has 1 saturated heterocycles. The standard InChI is InChI=1S/C16H23FN2O2/c1-2-7-18-11-12-3-4-14(17)15(10-12)19-8-5-13(6-9-19)16(20)21/h3-4,10,13,18H,2,5-9,11H2,1H3,(H,20,21). The molecule has 4 nitrogen and oxygen atoms in total. The summed E-state index contributed by atoms with van der Waals surface area (Å²) < 4.78 is 14.0. The van der Waals surface area contributed by atoms with Crippen LogP contribution < -0.4 is 10.2 Å². The van der Waals surface area contributed by atoms with Crippen molar-refractivity contribution >= 4 is 11.7 Å². The second-order valence-corrected chi connectivity index (χ2v) is 5.56. The first-order valence-electron chi connectivity index (χ1n) is 7.58. The molecule has 0 saturated carbocycles. The van der Waals surface area contributed by atoms with Crippen molar-refractivity contribution in [1.29, 1.82) is 0 Å². The molecule has 0 bridgehead atoms. The molecule has 0 radical (unpaired) electrons.